The molecular formula is C27H31NO5. The molecule has 6 heteroatoms. The van der Waals surface area contributed by atoms with E-state index in [9.17, 15) is 9.59 Å². The lowest BCUT2D eigenvalue weighted by atomic mass is 9.73. The van der Waals surface area contributed by atoms with Crippen molar-refractivity contribution in [2.75, 3.05) is 19.8 Å². The summed E-state index contributed by atoms with van der Waals surface area (Å²) in [6, 6.07) is 13.6. The van der Waals surface area contributed by atoms with Crippen molar-refractivity contribution in [3.05, 3.63) is 64.9 Å². The number of hydrogen-bond donors (Lipinski definition) is 1. The molecule has 2 aromatic rings. The number of carbonyl (C=O) groups is 2. The van der Waals surface area contributed by atoms with Gasteiger partial charge in [-0.15, -0.1) is 0 Å². The van der Waals surface area contributed by atoms with Gasteiger partial charge in [-0.25, -0.2) is 0 Å². The number of allylic oxidation sites excluding steroid dienone is 2. The summed E-state index contributed by atoms with van der Waals surface area (Å²) in [6.45, 7) is 7.45. The summed E-state index contributed by atoms with van der Waals surface area (Å²) >= 11 is 0. The highest BCUT2D eigenvalue weighted by Crippen LogP contribution is 2.44. The number of Topliss-reactive ketones (excluding diaryl/α,β-unsaturated/α-hetero) is 1. The Bertz CT molecular complexity index is 1060. The van der Waals surface area contributed by atoms with Crippen LogP contribution >= 0.6 is 0 Å². The number of benzene rings is 2. The van der Waals surface area contributed by atoms with Crippen LogP contribution in [0.3, 0.4) is 0 Å². The molecule has 0 unspecified atom stereocenters. The van der Waals surface area contributed by atoms with Crippen LogP contribution in [0, 0.1) is 0 Å². The van der Waals surface area contributed by atoms with Gasteiger partial charge in [0.25, 0.3) is 0 Å². The molecule has 1 amide bonds. The van der Waals surface area contributed by atoms with Crippen LogP contribution in [0.5, 0.6) is 17.2 Å². The number of ether oxygens (including phenoxy) is 3. The zero-order chi connectivity index (χ0) is 23.4. The molecule has 6 nitrogen and oxygen atoms in total. The Balaban J connectivity index is 1.64. The topological polar surface area (TPSA) is 73.9 Å². The van der Waals surface area contributed by atoms with Crippen molar-refractivity contribution in [3.8, 4) is 17.2 Å². The summed E-state index contributed by atoms with van der Waals surface area (Å²) in [6.07, 6.45) is 1.30. The first-order chi connectivity index (χ1) is 16.0. The quantitative estimate of drug-likeness (QED) is 0.621. The molecule has 4 rings (SSSR count). The van der Waals surface area contributed by atoms with E-state index in [0.717, 1.165) is 28.1 Å². The first kappa shape index (κ1) is 22.9. The fourth-order valence-electron chi connectivity index (χ4n) is 4.77. The predicted octanol–water partition coefficient (Wildman–Crippen LogP) is 4.89. The Morgan fingerprint density at radius 2 is 1.45 bits per heavy atom. The van der Waals surface area contributed by atoms with Gasteiger partial charge < -0.3 is 19.5 Å². The standard InChI is InChI=1S/C27H31NO5/c1-4-31-20-10-7-17(8-11-20)19-13-22-27(23(29)14-19)21(16-26(30)28-22)18-9-12-24(32-5-2)25(15-18)33-6-3/h7-12,15,19,21H,4-6,13-14,16H2,1-3H3,(H,28,30)/t19-,21+/m0/s1. The molecular weight excluding hydrogens is 418 g/mol. The number of amides is 1. The van der Waals surface area contributed by atoms with Crippen LogP contribution in [0.25, 0.3) is 0 Å². The summed E-state index contributed by atoms with van der Waals surface area (Å²) in [7, 11) is 0. The van der Waals surface area contributed by atoms with Crippen LogP contribution in [0.4, 0.5) is 0 Å². The van der Waals surface area contributed by atoms with Gasteiger partial charge in [0.05, 0.1) is 19.8 Å². The minimum atomic E-state index is -0.280. The van der Waals surface area contributed by atoms with E-state index in [0.29, 0.717) is 44.2 Å². The third kappa shape index (κ3) is 4.90. The average Bonchev–Trinajstić information content (AvgIpc) is 2.80. The summed E-state index contributed by atoms with van der Waals surface area (Å²) in [5.74, 6) is 1.90. The van der Waals surface area contributed by atoms with Crippen molar-refractivity contribution >= 4 is 11.7 Å². The third-order valence-corrected chi connectivity index (χ3v) is 6.17. The second kappa shape index (κ2) is 10.1. The monoisotopic (exact) mass is 449 g/mol. The molecule has 1 heterocycles. The lowest BCUT2D eigenvalue weighted by molar-refractivity contribution is -0.122. The van der Waals surface area contributed by atoms with Crippen molar-refractivity contribution < 1.29 is 23.8 Å². The Labute approximate surface area is 194 Å². The number of hydrogen-bond acceptors (Lipinski definition) is 5. The molecule has 1 N–H and O–H groups in total. The summed E-state index contributed by atoms with van der Waals surface area (Å²) in [5, 5.41) is 2.99. The fourth-order valence-corrected chi connectivity index (χ4v) is 4.77. The molecule has 33 heavy (non-hydrogen) atoms. The van der Waals surface area contributed by atoms with Crippen molar-refractivity contribution in [2.24, 2.45) is 0 Å². The summed E-state index contributed by atoms with van der Waals surface area (Å²) < 4.78 is 17.0. The van der Waals surface area contributed by atoms with Crippen LogP contribution in [0.15, 0.2) is 53.7 Å². The Morgan fingerprint density at radius 1 is 0.788 bits per heavy atom. The van der Waals surface area contributed by atoms with Gasteiger partial charge in [-0.3, -0.25) is 9.59 Å². The number of ketones is 1. The van der Waals surface area contributed by atoms with Crippen LogP contribution in [0.1, 0.15) is 63.0 Å². The first-order valence-corrected chi connectivity index (χ1v) is 11.7. The van der Waals surface area contributed by atoms with Gasteiger partial charge >= 0.3 is 0 Å². The van der Waals surface area contributed by atoms with Gasteiger partial charge in [0.1, 0.15) is 5.75 Å². The molecule has 0 saturated heterocycles. The zero-order valence-corrected chi connectivity index (χ0v) is 19.5. The third-order valence-electron chi connectivity index (χ3n) is 6.17. The smallest absolute Gasteiger partial charge is 0.225 e. The lowest BCUT2D eigenvalue weighted by Gasteiger charge is -2.34. The SMILES string of the molecule is CCOc1ccc([C@@H]2CC(=O)C3=C(C2)NC(=O)C[C@@H]3c2ccc(OCC)c(OCC)c2)cc1. The van der Waals surface area contributed by atoms with Gasteiger partial charge in [0, 0.05) is 30.0 Å². The minimum Gasteiger partial charge on any atom is -0.494 e. The van der Waals surface area contributed by atoms with E-state index in [1.165, 1.54) is 0 Å². The second-order valence-electron chi connectivity index (χ2n) is 8.30. The molecule has 0 radical (unpaired) electrons. The van der Waals surface area contributed by atoms with Gasteiger partial charge in [-0.05, 0) is 68.5 Å². The number of carbonyl (C=O) groups excluding carboxylic acids is 2. The van der Waals surface area contributed by atoms with E-state index in [2.05, 4.69) is 5.32 Å². The molecule has 0 aromatic heterocycles. The molecule has 174 valence electrons. The van der Waals surface area contributed by atoms with E-state index < -0.39 is 0 Å². The van der Waals surface area contributed by atoms with E-state index >= 15 is 0 Å². The van der Waals surface area contributed by atoms with E-state index in [1.54, 1.807) is 0 Å². The highest BCUT2D eigenvalue weighted by molar-refractivity contribution is 6.02. The molecule has 0 fully saturated rings. The molecule has 0 saturated carbocycles. The molecule has 2 atom stereocenters. The maximum absolute atomic E-state index is 13.4. The number of nitrogens with one attached hydrogen (secondary N) is 1. The molecule has 0 bridgehead atoms. The van der Waals surface area contributed by atoms with E-state index in [4.69, 9.17) is 14.2 Å². The second-order valence-corrected chi connectivity index (χ2v) is 8.30. The van der Waals surface area contributed by atoms with Gasteiger partial charge in [-0.1, -0.05) is 18.2 Å². The highest BCUT2D eigenvalue weighted by Gasteiger charge is 2.38. The normalized spacial score (nSPS) is 20.2. The van der Waals surface area contributed by atoms with Crippen molar-refractivity contribution in [1.82, 2.24) is 5.32 Å². The minimum absolute atomic E-state index is 0.0327. The van der Waals surface area contributed by atoms with Crippen LogP contribution in [-0.4, -0.2) is 31.5 Å². The van der Waals surface area contributed by atoms with Crippen molar-refractivity contribution in [1.29, 1.82) is 0 Å². The van der Waals surface area contributed by atoms with Gasteiger partial charge in [-0.2, -0.15) is 0 Å². The average molecular weight is 450 g/mol. The van der Waals surface area contributed by atoms with Crippen LogP contribution in [0.2, 0.25) is 0 Å². The van der Waals surface area contributed by atoms with Crippen LogP contribution < -0.4 is 19.5 Å². The molecule has 1 aliphatic heterocycles. The Morgan fingerprint density at radius 3 is 2.15 bits per heavy atom. The zero-order valence-electron chi connectivity index (χ0n) is 19.5. The van der Waals surface area contributed by atoms with Gasteiger partial charge in [0.15, 0.2) is 17.3 Å². The molecule has 2 aromatic carbocycles. The fraction of sp³-hybridized carbons (Fsp3) is 0.407. The largest absolute Gasteiger partial charge is 0.494 e. The predicted molar refractivity (Wildman–Crippen MR) is 126 cm³/mol. The highest BCUT2D eigenvalue weighted by atomic mass is 16.5. The van der Waals surface area contributed by atoms with Gasteiger partial charge in [0.2, 0.25) is 5.91 Å². The molecule has 1 aliphatic carbocycles. The van der Waals surface area contributed by atoms with E-state index in [1.807, 2.05) is 63.2 Å². The van der Waals surface area contributed by atoms with Crippen molar-refractivity contribution in [3.63, 3.8) is 0 Å². The lowest BCUT2D eigenvalue weighted by Crippen LogP contribution is -2.38. The summed E-state index contributed by atoms with van der Waals surface area (Å²) in [5.41, 5.74) is 3.45. The first-order valence-electron chi connectivity index (χ1n) is 11.7. The van der Waals surface area contributed by atoms with E-state index in [-0.39, 0.29) is 29.9 Å². The Hall–Kier alpha value is -3.28. The maximum atomic E-state index is 13.4. The van der Waals surface area contributed by atoms with Crippen LogP contribution in [-0.2, 0) is 9.59 Å². The maximum Gasteiger partial charge on any atom is 0.225 e. The summed E-state index contributed by atoms with van der Waals surface area (Å²) in [4.78, 5) is 26.0. The molecule has 2 aliphatic rings. The number of rotatable bonds is 8. The van der Waals surface area contributed by atoms with Crippen molar-refractivity contribution in [2.45, 2.75) is 51.9 Å². The Kier molecular flexibility index (Phi) is 7.02. The molecule has 0 spiro atoms.